The molecule has 0 radical (unpaired) electrons. The quantitative estimate of drug-likeness (QED) is 0.321. The highest BCUT2D eigenvalue weighted by atomic mass is 35.5. The Bertz CT molecular complexity index is 844. The van der Waals surface area contributed by atoms with Gasteiger partial charge in [0.05, 0.1) is 22.9 Å². The Morgan fingerprint density at radius 2 is 2.12 bits per heavy atom. The van der Waals surface area contributed by atoms with E-state index in [1.807, 2.05) is 19.9 Å². The Morgan fingerprint density at radius 1 is 1.38 bits per heavy atom. The summed E-state index contributed by atoms with van der Waals surface area (Å²) >= 11 is 5.68. The first kappa shape index (κ1) is 19.8. The van der Waals surface area contributed by atoms with Crippen LogP contribution < -0.4 is 10.8 Å². The first-order chi connectivity index (χ1) is 12.4. The predicted molar refractivity (Wildman–Crippen MR) is 96.6 cm³/mol. The number of anilines is 2. The number of hydrogen-bond acceptors (Lipinski definition) is 4. The van der Waals surface area contributed by atoms with Gasteiger partial charge in [-0.25, -0.2) is 19.2 Å². The molecular weight excluding hydrogens is 364 g/mol. The zero-order valence-corrected chi connectivity index (χ0v) is 15.1. The molecule has 2 rings (SSSR count). The van der Waals surface area contributed by atoms with Crippen molar-refractivity contribution in [2.75, 3.05) is 11.9 Å². The lowest BCUT2D eigenvalue weighted by atomic mass is 10.1. The molecule has 1 aromatic heterocycles. The number of carbonyl (C=O) groups is 1. The van der Waals surface area contributed by atoms with Crippen molar-refractivity contribution in [1.29, 1.82) is 0 Å². The van der Waals surface area contributed by atoms with Crippen LogP contribution in [0.4, 0.5) is 20.3 Å². The maximum Gasteiger partial charge on any atom is 0.277 e. The van der Waals surface area contributed by atoms with Crippen molar-refractivity contribution < 1.29 is 18.4 Å². The molecule has 0 aliphatic heterocycles. The third-order valence-corrected chi connectivity index (χ3v) is 3.78. The summed E-state index contributed by atoms with van der Waals surface area (Å²) in [5, 5.41) is 2.19. The molecule has 8 heteroatoms. The van der Waals surface area contributed by atoms with Gasteiger partial charge in [-0.1, -0.05) is 30.7 Å². The van der Waals surface area contributed by atoms with Crippen LogP contribution in [0.5, 0.6) is 0 Å². The van der Waals surface area contributed by atoms with E-state index >= 15 is 0 Å². The van der Waals surface area contributed by atoms with Gasteiger partial charge < -0.3 is 5.32 Å². The number of hydroxylamine groups is 1. The second-order valence-corrected chi connectivity index (χ2v) is 5.85. The van der Waals surface area contributed by atoms with E-state index in [0.717, 1.165) is 17.2 Å². The molecule has 0 aliphatic rings. The van der Waals surface area contributed by atoms with Gasteiger partial charge in [-0.3, -0.25) is 9.63 Å². The molecule has 26 heavy (non-hydrogen) atoms. The minimum Gasteiger partial charge on any atom is -0.337 e. The number of aromatic nitrogens is 1. The van der Waals surface area contributed by atoms with E-state index in [1.54, 1.807) is 6.20 Å². The topological polar surface area (TPSA) is 63.2 Å². The number of amides is 1. The summed E-state index contributed by atoms with van der Waals surface area (Å²) < 4.78 is 28.4. The van der Waals surface area contributed by atoms with E-state index < -0.39 is 22.6 Å². The second-order valence-electron chi connectivity index (χ2n) is 5.44. The normalized spacial score (nSPS) is 10.5. The Morgan fingerprint density at radius 3 is 2.77 bits per heavy atom. The summed E-state index contributed by atoms with van der Waals surface area (Å²) in [6.45, 7) is 7.26. The molecule has 0 bridgehead atoms. The molecule has 0 spiro atoms. The Hall–Kier alpha value is -2.51. The molecule has 138 valence electrons. The molecule has 1 heterocycles. The number of hydrogen-bond donors (Lipinski definition) is 2. The van der Waals surface area contributed by atoms with Crippen molar-refractivity contribution in [2.45, 2.75) is 20.3 Å². The van der Waals surface area contributed by atoms with Crippen LogP contribution in [0, 0.1) is 18.6 Å². The minimum absolute atomic E-state index is 0.0470. The average molecular weight is 382 g/mol. The highest BCUT2D eigenvalue weighted by molar-refractivity contribution is 6.31. The molecule has 2 N–H and O–H groups in total. The summed E-state index contributed by atoms with van der Waals surface area (Å²) in [4.78, 5) is 21.3. The first-order valence-electron chi connectivity index (χ1n) is 7.82. The number of halogens is 3. The fourth-order valence-corrected chi connectivity index (χ4v) is 2.44. The van der Waals surface area contributed by atoms with E-state index in [2.05, 4.69) is 22.4 Å². The summed E-state index contributed by atoms with van der Waals surface area (Å²) in [7, 11) is 0. The zero-order valence-electron chi connectivity index (χ0n) is 14.3. The number of benzene rings is 1. The number of rotatable bonds is 7. The van der Waals surface area contributed by atoms with E-state index in [9.17, 15) is 13.6 Å². The molecule has 0 unspecified atom stereocenters. The highest BCUT2D eigenvalue weighted by Gasteiger charge is 2.23. The maximum atomic E-state index is 14.5. The molecule has 1 amide bonds. The van der Waals surface area contributed by atoms with E-state index in [4.69, 9.17) is 16.4 Å². The van der Waals surface area contributed by atoms with E-state index in [1.165, 1.54) is 6.08 Å². The third kappa shape index (κ3) is 4.36. The minimum atomic E-state index is -1.28. The van der Waals surface area contributed by atoms with E-state index in [0.29, 0.717) is 12.2 Å². The van der Waals surface area contributed by atoms with Crippen LogP contribution in [0.15, 0.2) is 31.0 Å². The smallest absolute Gasteiger partial charge is 0.277 e. The lowest BCUT2D eigenvalue weighted by molar-refractivity contribution is 0.0422. The fourth-order valence-electron chi connectivity index (χ4n) is 2.25. The molecule has 2 aromatic rings. The lowest BCUT2D eigenvalue weighted by Gasteiger charge is -2.16. The average Bonchev–Trinajstić information content (AvgIpc) is 2.63. The largest absolute Gasteiger partial charge is 0.337 e. The van der Waals surface area contributed by atoms with Crippen molar-refractivity contribution in [3.8, 4) is 0 Å². The van der Waals surface area contributed by atoms with Gasteiger partial charge >= 0.3 is 0 Å². The van der Waals surface area contributed by atoms with Crippen LogP contribution in [0.3, 0.4) is 0 Å². The summed E-state index contributed by atoms with van der Waals surface area (Å²) in [6.07, 6.45) is 3.61. The predicted octanol–water partition coefficient (Wildman–Crippen LogP) is 4.48. The van der Waals surface area contributed by atoms with Crippen LogP contribution in [-0.4, -0.2) is 17.5 Å². The zero-order chi connectivity index (χ0) is 19.3. The van der Waals surface area contributed by atoms with Gasteiger partial charge in [-0.05, 0) is 30.5 Å². The van der Waals surface area contributed by atoms with Crippen LogP contribution in [-0.2, 0) is 11.3 Å². The second kappa shape index (κ2) is 8.73. The third-order valence-electron chi connectivity index (χ3n) is 3.50. The summed E-state index contributed by atoms with van der Waals surface area (Å²) in [5.41, 5.74) is 3.23. The Labute approximate surface area is 155 Å². The molecule has 1 aromatic carbocycles. The SMILES string of the molecule is C=CCONC(=O)c1cc(Cl)c(F)c(F)c1Nc1ncc(C)cc1CC. The van der Waals surface area contributed by atoms with Gasteiger partial charge in [0.25, 0.3) is 5.91 Å². The molecule has 0 saturated heterocycles. The number of nitrogens with one attached hydrogen (secondary N) is 2. The molecule has 0 atom stereocenters. The van der Waals surface area contributed by atoms with Gasteiger partial charge in [0.1, 0.15) is 5.82 Å². The van der Waals surface area contributed by atoms with Gasteiger partial charge in [0, 0.05) is 6.20 Å². The van der Waals surface area contributed by atoms with Crippen LogP contribution in [0.1, 0.15) is 28.4 Å². The first-order valence-corrected chi connectivity index (χ1v) is 8.19. The monoisotopic (exact) mass is 381 g/mol. The number of pyridine rings is 1. The molecule has 0 fully saturated rings. The number of nitrogens with zero attached hydrogens (tertiary/aromatic N) is 1. The van der Waals surface area contributed by atoms with Gasteiger partial charge in [-0.2, -0.15) is 0 Å². The number of carbonyl (C=O) groups excluding carboxylic acids is 1. The number of aryl methyl sites for hydroxylation is 2. The standard InChI is InChI=1S/C18H18ClF2N3O2/c1-4-6-26-24-18(25)12-8-13(19)14(20)15(21)16(12)23-17-11(5-2)7-10(3)9-22-17/h4,7-9H,1,5-6H2,2-3H3,(H,22,23)(H,24,25). The van der Waals surface area contributed by atoms with Crippen LogP contribution in [0.2, 0.25) is 5.02 Å². The van der Waals surface area contributed by atoms with Crippen LogP contribution >= 0.6 is 11.6 Å². The van der Waals surface area contributed by atoms with Crippen molar-refractivity contribution in [1.82, 2.24) is 10.5 Å². The molecule has 0 aliphatic carbocycles. The summed E-state index contributed by atoms with van der Waals surface area (Å²) in [6, 6.07) is 2.89. The van der Waals surface area contributed by atoms with Crippen LogP contribution in [0.25, 0.3) is 0 Å². The van der Waals surface area contributed by atoms with Gasteiger partial charge in [-0.15, -0.1) is 6.58 Å². The molecular formula is C18H18ClF2N3O2. The maximum absolute atomic E-state index is 14.5. The molecule has 5 nitrogen and oxygen atoms in total. The van der Waals surface area contributed by atoms with Gasteiger partial charge in [0.15, 0.2) is 11.6 Å². The van der Waals surface area contributed by atoms with E-state index in [-0.39, 0.29) is 17.9 Å². The van der Waals surface area contributed by atoms with Gasteiger partial charge in [0.2, 0.25) is 0 Å². The van der Waals surface area contributed by atoms with Crippen molar-refractivity contribution in [2.24, 2.45) is 0 Å². The summed E-state index contributed by atoms with van der Waals surface area (Å²) in [5.74, 6) is -3.02. The van der Waals surface area contributed by atoms with Crippen molar-refractivity contribution >= 4 is 29.0 Å². The fraction of sp³-hybridized carbons (Fsp3) is 0.222. The Balaban J connectivity index is 2.48. The highest BCUT2D eigenvalue weighted by Crippen LogP contribution is 2.31. The molecule has 0 saturated carbocycles. The Kier molecular flexibility index (Phi) is 6.65. The van der Waals surface area contributed by atoms with Crippen molar-refractivity contribution in [3.63, 3.8) is 0 Å². The van der Waals surface area contributed by atoms with Crippen molar-refractivity contribution in [3.05, 3.63) is 64.3 Å². The lowest BCUT2D eigenvalue weighted by Crippen LogP contribution is -2.25.